The molecule has 0 radical (unpaired) electrons. The molecule has 1 aromatic carbocycles. The van der Waals surface area contributed by atoms with Crippen molar-refractivity contribution in [1.82, 2.24) is 4.98 Å². The van der Waals surface area contributed by atoms with Gasteiger partial charge in [0.2, 0.25) is 0 Å². The van der Waals surface area contributed by atoms with E-state index in [1.54, 1.807) is 22.5 Å². The standard InChI is InChI=1S/C19H26N2S2/c22-21-19-20-18-16(23-19)12-11-15(13-7-3-1-4-8-13)17(18)14-9-5-2-6-10-14/h11-14,22H,1-10H2,(H,20,21). The van der Waals surface area contributed by atoms with Gasteiger partial charge < -0.3 is 4.72 Å². The highest BCUT2D eigenvalue weighted by molar-refractivity contribution is 7.82. The lowest BCUT2D eigenvalue weighted by Gasteiger charge is -2.29. The van der Waals surface area contributed by atoms with Crippen LogP contribution in [0.3, 0.4) is 0 Å². The summed E-state index contributed by atoms with van der Waals surface area (Å²) in [5, 5.41) is 0.932. The summed E-state index contributed by atoms with van der Waals surface area (Å²) in [6.45, 7) is 0. The summed E-state index contributed by atoms with van der Waals surface area (Å²) < 4.78 is 4.27. The molecule has 2 aromatic rings. The summed E-state index contributed by atoms with van der Waals surface area (Å²) in [6, 6.07) is 4.74. The lowest BCUT2D eigenvalue weighted by Crippen LogP contribution is -2.13. The van der Waals surface area contributed by atoms with Gasteiger partial charge in [0.1, 0.15) is 0 Å². The highest BCUT2D eigenvalue weighted by Gasteiger charge is 2.27. The van der Waals surface area contributed by atoms with Gasteiger partial charge in [0, 0.05) is 0 Å². The van der Waals surface area contributed by atoms with Crippen LogP contribution in [0.2, 0.25) is 0 Å². The van der Waals surface area contributed by atoms with Crippen LogP contribution in [0.15, 0.2) is 12.1 Å². The third-order valence-corrected chi connectivity index (χ3v) is 7.09. The van der Waals surface area contributed by atoms with Crippen molar-refractivity contribution < 1.29 is 0 Å². The minimum atomic E-state index is 0.722. The molecule has 1 N–H and O–H groups in total. The molecule has 2 aliphatic rings. The molecule has 124 valence electrons. The first-order valence-electron chi connectivity index (χ1n) is 9.20. The Morgan fingerprint density at radius 3 is 2.22 bits per heavy atom. The number of nitrogens with zero attached hydrogens (tertiary/aromatic N) is 1. The van der Waals surface area contributed by atoms with Gasteiger partial charge in [-0.05, 0) is 54.7 Å². The number of hydrogen-bond acceptors (Lipinski definition) is 4. The predicted octanol–water partition coefficient (Wildman–Crippen LogP) is 6.65. The number of fused-ring (bicyclic) bond motifs is 1. The summed E-state index contributed by atoms with van der Waals surface area (Å²) in [7, 11) is 0. The molecule has 2 saturated carbocycles. The molecule has 0 amide bonds. The Bertz CT molecular complexity index is 667. The predicted molar refractivity (Wildman–Crippen MR) is 104 cm³/mol. The fourth-order valence-electron chi connectivity index (χ4n) is 4.67. The Labute approximate surface area is 148 Å². The molecule has 2 aliphatic carbocycles. The average Bonchev–Trinajstić information content (AvgIpc) is 3.05. The third kappa shape index (κ3) is 3.12. The van der Waals surface area contributed by atoms with Crippen molar-refractivity contribution in [1.29, 1.82) is 0 Å². The molecule has 4 heteroatoms. The number of aromatic nitrogens is 1. The number of nitrogens with one attached hydrogen (secondary N) is 1. The Morgan fingerprint density at radius 1 is 0.913 bits per heavy atom. The van der Waals surface area contributed by atoms with Crippen LogP contribution in [0.25, 0.3) is 10.2 Å². The van der Waals surface area contributed by atoms with Crippen molar-refractivity contribution in [2.75, 3.05) is 4.72 Å². The molecule has 0 aliphatic heterocycles. The zero-order valence-corrected chi connectivity index (χ0v) is 15.4. The van der Waals surface area contributed by atoms with Crippen molar-refractivity contribution >= 4 is 39.5 Å². The van der Waals surface area contributed by atoms with Crippen LogP contribution in [0.4, 0.5) is 5.13 Å². The number of thiol groups is 1. The molecule has 23 heavy (non-hydrogen) atoms. The first-order valence-corrected chi connectivity index (χ1v) is 10.5. The maximum Gasteiger partial charge on any atom is 0.193 e. The molecule has 0 atom stereocenters. The summed E-state index contributed by atoms with van der Waals surface area (Å²) in [5.41, 5.74) is 4.49. The van der Waals surface area contributed by atoms with Crippen molar-refractivity contribution in [3.63, 3.8) is 0 Å². The molecule has 1 aromatic heterocycles. The van der Waals surface area contributed by atoms with E-state index >= 15 is 0 Å². The summed E-state index contributed by atoms with van der Waals surface area (Å²) in [6.07, 6.45) is 13.8. The van der Waals surface area contributed by atoms with E-state index in [-0.39, 0.29) is 0 Å². The molecular weight excluding hydrogens is 320 g/mol. The van der Waals surface area contributed by atoms with Gasteiger partial charge in [0.05, 0.1) is 10.2 Å². The highest BCUT2D eigenvalue weighted by Crippen LogP contribution is 2.45. The molecule has 1 heterocycles. The van der Waals surface area contributed by atoms with Crippen molar-refractivity contribution in [2.24, 2.45) is 0 Å². The van der Waals surface area contributed by atoms with Crippen molar-refractivity contribution in [2.45, 2.75) is 76.0 Å². The monoisotopic (exact) mass is 346 g/mol. The van der Waals surface area contributed by atoms with Gasteiger partial charge in [-0.1, -0.05) is 68.7 Å². The third-order valence-electron chi connectivity index (χ3n) is 5.79. The van der Waals surface area contributed by atoms with Crippen LogP contribution in [0.1, 0.15) is 87.2 Å². The lowest BCUT2D eigenvalue weighted by atomic mass is 9.75. The summed E-state index contributed by atoms with van der Waals surface area (Å²) in [5.74, 6) is 1.48. The molecule has 0 bridgehead atoms. The van der Waals surface area contributed by atoms with E-state index in [1.807, 2.05) is 0 Å². The second kappa shape index (κ2) is 7.02. The maximum absolute atomic E-state index is 4.89. The fraction of sp³-hybridized carbons (Fsp3) is 0.632. The minimum Gasteiger partial charge on any atom is -0.308 e. The van der Waals surface area contributed by atoms with Crippen LogP contribution in [-0.2, 0) is 0 Å². The second-order valence-electron chi connectivity index (χ2n) is 7.22. The van der Waals surface area contributed by atoms with Gasteiger partial charge in [-0.25, -0.2) is 4.98 Å². The first kappa shape index (κ1) is 15.8. The molecule has 0 unspecified atom stereocenters. The largest absolute Gasteiger partial charge is 0.308 e. The summed E-state index contributed by atoms with van der Waals surface area (Å²) in [4.78, 5) is 4.89. The van der Waals surface area contributed by atoms with Gasteiger partial charge in [0.25, 0.3) is 0 Å². The highest BCUT2D eigenvalue weighted by atomic mass is 32.1. The quantitative estimate of drug-likeness (QED) is 0.608. The van der Waals surface area contributed by atoms with E-state index in [4.69, 9.17) is 4.98 Å². The first-order chi connectivity index (χ1) is 11.4. The van der Waals surface area contributed by atoms with Crippen LogP contribution in [0, 0.1) is 0 Å². The van der Waals surface area contributed by atoms with Gasteiger partial charge in [-0.3, -0.25) is 0 Å². The zero-order valence-electron chi connectivity index (χ0n) is 13.7. The smallest absolute Gasteiger partial charge is 0.193 e. The van der Waals surface area contributed by atoms with Crippen LogP contribution in [0.5, 0.6) is 0 Å². The Kier molecular flexibility index (Phi) is 4.81. The maximum atomic E-state index is 4.89. The van der Waals surface area contributed by atoms with E-state index in [9.17, 15) is 0 Å². The number of thiazole rings is 1. The minimum absolute atomic E-state index is 0.722. The molecule has 4 rings (SSSR count). The van der Waals surface area contributed by atoms with Gasteiger partial charge in [-0.15, -0.1) is 0 Å². The van der Waals surface area contributed by atoms with Gasteiger partial charge >= 0.3 is 0 Å². The van der Waals surface area contributed by atoms with Crippen LogP contribution in [-0.4, -0.2) is 4.98 Å². The summed E-state index contributed by atoms with van der Waals surface area (Å²) >= 11 is 5.94. The molecular formula is C19H26N2S2. The zero-order chi connectivity index (χ0) is 15.6. The molecule has 2 fully saturated rings. The van der Waals surface area contributed by atoms with E-state index in [0.29, 0.717) is 0 Å². The Morgan fingerprint density at radius 2 is 1.57 bits per heavy atom. The number of hydrogen-bond donors (Lipinski definition) is 2. The van der Waals surface area contributed by atoms with E-state index in [1.165, 1.54) is 74.4 Å². The number of anilines is 1. The molecule has 0 saturated heterocycles. The van der Waals surface area contributed by atoms with Crippen molar-refractivity contribution in [3.8, 4) is 0 Å². The Balaban J connectivity index is 1.82. The van der Waals surface area contributed by atoms with Gasteiger partial charge in [0.15, 0.2) is 5.13 Å². The lowest BCUT2D eigenvalue weighted by molar-refractivity contribution is 0.420. The Hall–Kier alpha value is -0.740. The van der Waals surface area contributed by atoms with Gasteiger partial charge in [-0.2, -0.15) is 0 Å². The van der Waals surface area contributed by atoms with E-state index in [0.717, 1.165) is 17.0 Å². The molecule has 0 spiro atoms. The van der Waals surface area contributed by atoms with Crippen LogP contribution >= 0.6 is 24.2 Å². The fourth-order valence-corrected chi connectivity index (χ4v) is 5.63. The topological polar surface area (TPSA) is 24.9 Å². The number of benzene rings is 1. The SMILES string of the molecule is SNc1nc2c(C3CCCCC3)c(C3CCCCC3)ccc2s1. The van der Waals surface area contributed by atoms with E-state index in [2.05, 4.69) is 29.7 Å². The van der Waals surface area contributed by atoms with Crippen LogP contribution < -0.4 is 4.72 Å². The number of rotatable bonds is 3. The average molecular weight is 347 g/mol. The van der Waals surface area contributed by atoms with E-state index < -0.39 is 0 Å². The second-order valence-corrected chi connectivity index (χ2v) is 8.47. The molecule has 2 nitrogen and oxygen atoms in total. The normalized spacial score (nSPS) is 20.9. The van der Waals surface area contributed by atoms with Crippen molar-refractivity contribution in [3.05, 3.63) is 23.3 Å².